The molecule has 3 heterocycles. The van der Waals surface area contributed by atoms with Crippen LogP contribution in [0.3, 0.4) is 0 Å². The van der Waals surface area contributed by atoms with E-state index in [0.29, 0.717) is 18.2 Å². The molecule has 1 amide bonds. The largest absolute Gasteiger partial charge is 0.337 e. The molecule has 116 valence electrons. The minimum Gasteiger partial charge on any atom is -0.337 e. The summed E-state index contributed by atoms with van der Waals surface area (Å²) in [4.78, 5) is 19.1. The highest BCUT2D eigenvalue weighted by atomic mass is 16.2. The van der Waals surface area contributed by atoms with Gasteiger partial charge in [0.05, 0.1) is 6.20 Å². The standard InChI is InChI=1S/C18H18N4O/c1-12-10-20-21-16(12)14-7-9-22(11-14)18(23)17-15-5-3-2-4-13(15)6-8-19-17/h2-6,8,10,14H,7,9,11H2,1H3,(H,20,21). The number of H-pyrrole nitrogens is 1. The van der Waals surface area contributed by atoms with Gasteiger partial charge in [0.2, 0.25) is 0 Å². The molecule has 4 rings (SSSR count). The number of carbonyl (C=O) groups excluding carboxylic acids is 1. The lowest BCUT2D eigenvalue weighted by Crippen LogP contribution is -2.29. The first-order valence-corrected chi connectivity index (χ1v) is 7.87. The van der Waals surface area contributed by atoms with Gasteiger partial charge in [-0.2, -0.15) is 5.10 Å². The number of nitrogens with one attached hydrogen (secondary N) is 1. The van der Waals surface area contributed by atoms with Crippen LogP contribution in [0, 0.1) is 6.92 Å². The normalized spacial score (nSPS) is 17.8. The minimum absolute atomic E-state index is 0.0152. The number of benzene rings is 1. The van der Waals surface area contributed by atoms with Crippen LogP contribution in [0.2, 0.25) is 0 Å². The summed E-state index contributed by atoms with van der Waals surface area (Å²) in [6.07, 6.45) is 4.51. The molecular formula is C18H18N4O. The smallest absolute Gasteiger partial charge is 0.273 e. The van der Waals surface area contributed by atoms with Gasteiger partial charge in [-0.3, -0.25) is 14.9 Å². The summed E-state index contributed by atoms with van der Waals surface area (Å²) in [5.74, 6) is 0.345. The van der Waals surface area contributed by atoms with Crippen LogP contribution in [0.15, 0.2) is 42.7 Å². The maximum Gasteiger partial charge on any atom is 0.273 e. The molecule has 1 aliphatic rings. The molecule has 1 atom stereocenters. The van der Waals surface area contributed by atoms with E-state index in [1.54, 1.807) is 6.20 Å². The van der Waals surface area contributed by atoms with E-state index < -0.39 is 0 Å². The van der Waals surface area contributed by atoms with Crippen molar-refractivity contribution in [2.75, 3.05) is 13.1 Å². The molecule has 2 aromatic heterocycles. The Kier molecular flexibility index (Phi) is 3.33. The molecular weight excluding hydrogens is 288 g/mol. The Morgan fingerprint density at radius 2 is 2.17 bits per heavy atom. The quantitative estimate of drug-likeness (QED) is 0.792. The maximum absolute atomic E-state index is 12.9. The van der Waals surface area contributed by atoms with Crippen LogP contribution in [0.5, 0.6) is 0 Å². The summed E-state index contributed by atoms with van der Waals surface area (Å²) < 4.78 is 0. The van der Waals surface area contributed by atoms with Crippen LogP contribution >= 0.6 is 0 Å². The third-order valence-electron chi connectivity index (χ3n) is 4.63. The lowest BCUT2D eigenvalue weighted by Gasteiger charge is -2.17. The zero-order valence-corrected chi connectivity index (χ0v) is 13.0. The molecule has 1 aromatic carbocycles. The van der Waals surface area contributed by atoms with Gasteiger partial charge in [0.1, 0.15) is 5.69 Å². The predicted molar refractivity (Wildman–Crippen MR) is 88.3 cm³/mol. The topological polar surface area (TPSA) is 61.9 Å². The number of aryl methyl sites for hydroxylation is 1. The fourth-order valence-corrected chi connectivity index (χ4v) is 3.39. The van der Waals surface area contributed by atoms with Crippen molar-refractivity contribution in [3.8, 4) is 0 Å². The molecule has 0 radical (unpaired) electrons. The van der Waals surface area contributed by atoms with Crippen LogP contribution in [0.1, 0.15) is 34.1 Å². The molecule has 0 aliphatic carbocycles. The molecule has 5 nitrogen and oxygen atoms in total. The van der Waals surface area contributed by atoms with E-state index in [1.165, 1.54) is 0 Å². The average Bonchev–Trinajstić information content (AvgIpc) is 3.22. The molecule has 5 heteroatoms. The molecule has 0 bridgehead atoms. The van der Waals surface area contributed by atoms with Gasteiger partial charge in [-0.15, -0.1) is 0 Å². The van der Waals surface area contributed by atoms with Crippen LogP contribution in [-0.2, 0) is 0 Å². The highest BCUT2D eigenvalue weighted by molar-refractivity contribution is 6.05. The number of hydrogen-bond acceptors (Lipinski definition) is 3. The van der Waals surface area contributed by atoms with Gasteiger partial charge in [-0.05, 0) is 30.4 Å². The Morgan fingerprint density at radius 3 is 3.00 bits per heavy atom. The molecule has 1 unspecified atom stereocenters. The van der Waals surface area contributed by atoms with Crippen molar-refractivity contribution < 1.29 is 4.79 Å². The van der Waals surface area contributed by atoms with Gasteiger partial charge in [0.25, 0.3) is 5.91 Å². The van der Waals surface area contributed by atoms with Crippen LogP contribution < -0.4 is 0 Å². The van der Waals surface area contributed by atoms with Crippen LogP contribution in [0.25, 0.3) is 10.8 Å². The average molecular weight is 306 g/mol. The number of rotatable bonds is 2. The van der Waals surface area contributed by atoms with Crippen molar-refractivity contribution in [1.82, 2.24) is 20.1 Å². The highest BCUT2D eigenvalue weighted by Crippen LogP contribution is 2.29. The summed E-state index contributed by atoms with van der Waals surface area (Å²) in [5.41, 5.74) is 2.85. The van der Waals surface area contributed by atoms with Crippen LogP contribution in [0.4, 0.5) is 0 Å². The van der Waals surface area contributed by atoms with Crippen LogP contribution in [-0.4, -0.2) is 39.1 Å². The molecule has 3 aromatic rings. The second-order valence-electron chi connectivity index (χ2n) is 6.08. The number of likely N-dealkylation sites (tertiary alicyclic amines) is 1. The second-order valence-corrected chi connectivity index (χ2v) is 6.08. The zero-order valence-electron chi connectivity index (χ0n) is 13.0. The van der Waals surface area contributed by atoms with Gasteiger partial charge >= 0.3 is 0 Å². The lowest BCUT2D eigenvalue weighted by molar-refractivity contribution is 0.0787. The molecule has 1 N–H and O–H groups in total. The fourth-order valence-electron chi connectivity index (χ4n) is 3.39. The maximum atomic E-state index is 12.9. The monoisotopic (exact) mass is 306 g/mol. The summed E-state index contributed by atoms with van der Waals surface area (Å²) in [5, 5.41) is 9.13. The van der Waals surface area contributed by atoms with Crippen molar-refractivity contribution >= 4 is 16.7 Å². The predicted octanol–water partition coefficient (Wildman–Crippen LogP) is 2.90. The van der Waals surface area contributed by atoms with E-state index in [2.05, 4.69) is 22.1 Å². The third kappa shape index (κ3) is 2.38. The Bertz CT molecular complexity index is 865. The fraction of sp³-hybridized carbons (Fsp3) is 0.278. The summed E-state index contributed by atoms with van der Waals surface area (Å²) >= 11 is 0. The number of carbonyl (C=O) groups is 1. The molecule has 1 fully saturated rings. The van der Waals surface area contributed by atoms with Gasteiger partial charge < -0.3 is 4.90 Å². The van der Waals surface area contributed by atoms with Crippen molar-refractivity contribution in [3.05, 3.63) is 59.7 Å². The van der Waals surface area contributed by atoms with Gasteiger partial charge in [-0.25, -0.2) is 0 Å². The molecule has 1 saturated heterocycles. The number of fused-ring (bicyclic) bond motifs is 1. The van der Waals surface area contributed by atoms with Crippen molar-refractivity contribution in [2.24, 2.45) is 0 Å². The van der Waals surface area contributed by atoms with E-state index >= 15 is 0 Å². The Morgan fingerprint density at radius 1 is 1.30 bits per heavy atom. The summed E-state index contributed by atoms with van der Waals surface area (Å²) in [7, 11) is 0. The highest BCUT2D eigenvalue weighted by Gasteiger charge is 2.30. The number of aromatic amines is 1. The Balaban J connectivity index is 1.61. The van der Waals surface area contributed by atoms with E-state index in [9.17, 15) is 4.79 Å². The van der Waals surface area contributed by atoms with E-state index in [1.807, 2.05) is 41.4 Å². The lowest BCUT2D eigenvalue weighted by atomic mass is 10.0. The van der Waals surface area contributed by atoms with Gasteiger partial charge in [-0.1, -0.05) is 24.3 Å². The SMILES string of the molecule is Cc1cn[nH]c1C1CCN(C(=O)c2nccc3ccccc23)C1. The number of pyridine rings is 1. The van der Waals surface area contributed by atoms with E-state index in [0.717, 1.165) is 35.0 Å². The second kappa shape index (κ2) is 5.50. The minimum atomic E-state index is 0.0152. The number of amides is 1. The van der Waals surface area contributed by atoms with Gasteiger partial charge in [0, 0.05) is 36.3 Å². The zero-order chi connectivity index (χ0) is 15.8. The number of aromatic nitrogens is 3. The first-order valence-electron chi connectivity index (χ1n) is 7.87. The Labute approximate surface area is 134 Å². The summed E-state index contributed by atoms with van der Waals surface area (Å²) in [6, 6.07) is 9.83. The number of nitrogens with zero attached hydrogens (tertiary/aromatic N) is 3. The Hall–Kier alpha value is -2.69. The van der Waals surface area contributed by atoms with Crippen molar-refractivity contribution in [3.63, 3.8) is 0 Å². The number of hydrogen-bond donors (Lipinski definition) is 1. The van der Waals surface area contributed by atoms with E-state index in [-0.39, 0.29) is 5.91 Å². The molecule has 0 saturated carbocycles. The molecule has 1 aliphatic heterocycles. The first kappa shape index (κ1) is 13.9. The summed E-state index contributed by atoms with van der Waals surface area (Å²) in [6.45, 7) is 3.52. The molecule has 23 heavy (non-hydrogen) atoms. The van der Waals surface area contributed by atoms with Gasteiger partial charge in [0.15, 0.2) is 0 Å². The molecule has 0 spiro atoms. The van der Waals surface area contributed by atoms with Crippen molar-refractivity contribution in [2.45, 2.75) is 19.3 Å². The third-order valence-corrected chi connectivity index (χ3v) is 4.63. The first-order chi connectivity index (χ1) is 11.2. The van der Waals surface area contributed by atoms with Crippen molar-refractivity contribution in [1.29, 1.82) is 0 Å². The van der Waals surface area contributed by atoms with E-state index in [4.69, 9.17) is 0 Å².